The number of ketones is 1. The van der Waals surface area contributed by atoms with Gasteiger partial charge in [0.15, 0.2) is 0 Å². The molecule has 0 aromatic carbocycles. The quantitative estimate of drug-likeness (QED) is 0.709. The van der Waals surface area contributed by atoms with E-state index in [1.54, 1.807) is 0 Å². The number of carbonyl (C=O) groups excluding carboxylic acids is 1. The molecule has 0 amide bonds. The molecule has 84 valence electrons. The molecule has 1 N–H and O–H groups in total. The Hall–Kier alpha value is -1.12. The highest BCUT2D eigenvalue weighted by Gasteiger charge is 2.32. The summed E-state index contributed by atoms with van der Waals surface area (Å²) in [6.07, 6.45) is 7.27. The smallest absolute Gasteiger partial charge is 0.303 e. The van der Waals surface area contributed by atoms with Gasteiger partial charge in [-0.15, -0.1) is 0 Å². The number of hydrogen-bond acceptors (Lipinski definition) is 2. The molecule has 2 unspecified atom stereocenters. The minimum atomic E-state index is -0.802. The summed E-state index contributed by atoms with van der Waals surface area (Å²) >= 11 is 0. The third kappa shape index (κ3) is 3.86. The Morgan fingerprint density at radius 1 is 1.53 bits per heavy atom. The van der Waals surface area contributed by atoms with E-state index in [2.05, 4.69) is 13.0 Å². The van der Waals surface area contributed by atoms with E-state index in [-0.39, 0.29) is 24.0 Å². The van der Waals surface area contributed by atoms with E-state index in [1.807, 2.05) is 6.08 Å². The second kappa shape index (κ2) is 5.69. The van der Waals surface area contributed by atoms with Gasteiger partial charge in [-0.3, -0.25) is 9.59 Å². The van der Waals surface area contributed by atoms with Gasteiger partial charge in [-0.05, 0) is 18.3 Å². The Morgan fingerprint density at radius 3 is 2.87 bits per heavy atom. The summed E-state index contributed by atoms with van der Waals surface area (Å²) < 4.78 is 0. The van der Waals surface area contributed by atoms with Crippen molar-refractivity contribution in [3.05, 3.63) is 12.2 Å². The van der Waals surface area contributed by atoms with Gasteiger partial charge in [-0.25, -0.2) is 0 Å². The first-order valence-corrected chi connectivity index (χ1v) is 5.53. The lowest BCUT2D eigenvalue weighted by atomic mass is 9.92. The molecule has 1 rings (SSSR count). The molecule has 0 heterocycles. The summed E-state index contributed by atoms with van der Waals surface area (Å²) in [5.74, 6) is -0.431. The van der Waals surface area contributed by atoms with Crippen molar-refractivity contribution in [1.29, 1.82) is 0 Å². The molecular weight excluding hydrogens is 192 g/mol. The molecule has 0 radical (unpaired) electrons. The molecule has 1 fully saturated rings. The summed E-state index contributed by atoms with van der Waals surface area (Å²) in [6.45, 7) is 2.10. The first kappa shape index (κ1) is 12.0. The van der Waals surface area contributed by atoms with Gasteiger partial charge in [0.1, 0.15) is 5.78 Å². The second-order valence-electron chi connectivity index (χ2n) is 4.19. The van der Waals surface area contributed by atoms with Crippen LogP contribution in [-0.4, -0.2) is 16.9 Å². The number of carboxylic acids is 1. The maximum atomic E-state index is 11.3. The summed E-state index contributed by atoms with van der Waals surface area (Å²) in [7, 11) is 0. The van der Waals surface area contributed by atoms with Crippen molar-refractivity contribution in [3.8, 4) is 0 Å². The minimum Gasteiger partial charge on any atom is -0.481 e. The van der Waals surface area contributed by atoms with Crippen molar-refractivity contribution in [3.63, 3.8) is 0 Å². The van der Waals surface area contributed by atoms with E-state index in [1.165, 1.54) is 0 Å². The number of allylic oxidation sites excluding steroid dienone is 2. The lowest BCUT2D eigenvalue weighted by Crippen LogP contribution is -2.10. The van der Waals surface area contributed by atoms with Crippen LogP contribution in [0.2, 0.25) is 0 Å². The Kier molecular flexibility index (Phi) is 4.53. The van der Waals surface area contributed by atoms with E-state index in [9.17, 15) is 9.59 Å². The van der Waals surface area contributed by atoms with Crippen LogP contribution in [-0.2, 0) is 9.59 Å². The van der Waals surface area contributed by atoms with Crippen LogP contribution in [0.4, 0.5) is 0 Å². The van der Waals surface area contributed by atoms with Crippen molar-refractivity contribution in [2.24, 2.45) is 11.8 Å². The molecule has 0 bridgehead atoms. The molecule has 3 nitrogen and oxygen atoms in total. The maximum Gasteiger partial charge on any atom is 0.303 e. The summed E-state index contributed by atoms with van der Waals surface area (Å²) in [4.78, 5) is 21.9. The Bertz CT molecular complexity index is 268. The molecule has 15 heavy (non-hydrogen) atoms. The van der Waals surface area contributed by atoms with Gasteiger partial charge in [0.25, 0.3) is 0 Å². The molecule has 0 aliphatic heterocycles. The standard InChI is InChI=1S/C12H18O3/c1-2-3-4-5-9-6-11(13)7-10(9)8-12(14)15/h4-5,9-10H,2-3,6-8H2,1H3,(H,14,15)/b5-4+. The normalized spacial score (nSPS) is 26.3. The van der Waals surface area contributed by atoms with Crippen LogP contribution >= 0.6 is 0 Å². The number of aliphatic carboxylic acids is 1. The van der Waals surface area contributed by atoms with Crippen LogP contribution in [0.15, 0.2) is 12.2 Å². The van der Waals surface area contributed by atoms with E-state index < -0.39 is 5.97 Å². The third-order valence-corrected chi connectivity index (χ3v) is 2.83. The van der Waals surface area contributed by atoms with Crippen molar-refractivity contribution in [2.75, 3.05) is 0 Å². The van der Waals surface area contributed by atoms with Crippen molar-refractivity contribution in [2.45, 2.75) is 39.0 Å². The van der Waals surface area contributed by atoms with E-state index in [4.69, 9.17) is 5.11 Å². The summed E-state index contributed by atoms with van der Waals surface area (Å²) in [6, 6.07) is 0. The van der Waals surface area contributed by atoms with Gasteiger partial charge in [0.2, 0.25) is 0 Å². The fourth-order valence-electron chi connectivity index (χ4n) is 2.07. The Morgan fingerprint density at radius 2 is 2.27 bits per heavy atom. The van der Waals surface area contributed by atoms with Crippen LogP contribution < -0.4 is 0 Å². The summed E-state index contributed by atoms with van der Waals surface area (Å²) in [5, 5.41) is 8.71. The number of rotatable bonds is 5. The maximum absolute atomic E-state index is 11.3. The van der Waals surface area contributed by atoms with Gasteiger partial charge in [-0.2, -0.15) is 0 Å². The van der Waals surface area contributed by atoms with E-state index in [0.29, 0.717) is 12.8 Å². The molecule has 2 atom stereocenters. The van der Waals surface area contributed by atoms with Crippen LogP contribution in [0.1, 0.15) is 39.0 Å². The van der Waals surface area contributed by atoms with Gasteiger partial charge in [0, 0.05) is 19.3 Å². The van der Waals surface area contributed by atoms with Gasteiger partial charge in [-0.1, -0.05) is 25.5 Å². The number of hydrogen-bond donors (Lipinski definition) is 1. The van der Waals surface area contributed by atoms with Crippen LogP contribution in [0.5, 0.6) is 0 Å². The monoisotopic (exact) mass is 210 g/mol. The predicted molar refractivity (Wildman–Crippen MR) is 57.5 cm³/mol. The molecular formula is C12H18O3. The molecule has 0 aromatic rings. The molecule has 1 saturated carbocycles. The number of carboxylic acid groups (broad SMARTS) is 1. The average Bonchev–Trinajstić information content (AvgIpc) is 2.46. The number of carbonyl (C=O) groups is 2. The van der Waals surface area contributed by atoms with E-state index in [0.717, 1.165) is 12.8 Å². The Labute approximate surface area is 90.2 Å². The van der Waals surface area contributed by atoms with E-state index >= 15 is 0 Å². The lowest BCUT2D eigenvalue weighted by Gasteiger charge is -2.12. The van der Waals surface area contributed by atoms with Gasteiger partial charge in [0.05, 0.1) is 0 Å². The highest BCUT2D eigenvalue weighted by atomic mass is 16.4. The van der Waals surface area contributed by atoms with Crippen molar-refractivity contribution >= 4 is 11.8 Å². The Balaban J connectivity index is 2.52. The summed E-state index contributed by atoms with van der Waals surface area (Å²) in [5.41, 5.74) is 0. The average molecular weight is 210 g/mol. The number of Topliss-reactive ketones (excluding diaryl/α,β-unsaturated/α-hetero) is 1. The fraction of sp³-hybridized carbons (Fsp3) is 0.667. The molecule has 0 aromatic heterocycles. The molecule has 3 heteroatoms. The SMILES string of the molecule is CCC/C=C/C1CC(=O)CC1CC(=O)O. The zero-order valence-corrected chi connectivity index (χ0v) is 9.11. The second-order valence-corrected chi connectivity index (χ2v) is 4.19. The van der Waals surface area contributed by atoms with Crippen LogP contribution in [0, 0.1) is 11.8 Å². The zero-order chi connectivity index (χ0) is 11.3. The molecule has 0 saturated heterocycles. The molecule has 0 spiro atoms. The lowest BCUT2D eigenvalue weighted by molar-refractivity contribution is -0.138. The van der Waals surface area contributed by atoms with Gasteiger partial charge < -0.3 is 5.11 Å². The van der Waals surface area contributed by atoms with Crippen molar-refractivity contribution < 1.29 is 14.7 Å². The first-order chi connectivity index (χ1) is 7.13. The van der Waals surface area contributed by atoms with Crippen LogP contribution in [0.25, 0.3) is 0 Å². The first-order valence-electron chi connectivity index (χ1n) is 5.53. The van der Waals surface area contributed by atoms with Crippen molar-refractivity contribution in [1.82, 2.24) is 0 Å². The van der Waals surface area contributed by atoms with Gasteiger partial charge >= 0.3 is 5.97 Å². The fourth-order valence-corrected chi connectivity index (χ4v) is 2.07. The third-order valence-electron chi connectivity index (χ3n) is 2.83. The predicted octanol–water partition coefficient (Wildman–Crippen LogP) is 2.41. The van der Waals surface area contributed by atoms with Crippen LogP contribution in [0.3, 0.4) is 0 Å². The topological polar surface area (TPSA) is 54.4 Å². The number of unbranched alkanes of at least 4 members (excludes halogenated alkanes) is 1. The minimum absolute atomic E-state index is 0.0168. The molecule has 1 aliphatic rings. The molecule has 1 aliphatic carbocycles. The zero-order valence-electron chi connectivity index (χ0n) is 9.11. The highest BCUT2D eigenvalue weighted by Crippen LogP contribution is 2.32. The highest BCUT2D eigenvalue weighted by molar-refractivity contribution is 5.82. The largest absolute Gasteiger partial charge is 0.481 e.